The molecule has 0 aliphatic carbocycles. The molecule has 24 heavy (non-hydrogen) atoms. The van der Waals surface area contributed by atoms with E-state index in [-0.39, 0.29) is 30.3 Å². The van der Waals surface area contributed by atoms with Gasteiger partial charge in [-0.25, -0.2) is 4.79 Å². The van der Waals surface area contributed by atoms with E-state index in [4.69, 9.17) is 5.73 Å². The van der Waals surface area contributed by atoms with E-state index in [0.29, 0.717) is 13.1 Å². The molecule has 1 aromatic carbocycles. The van der Waals surface area contributed by atoms with E-state index >= 15 is 0 Å². The lowest BCUT2D eigenvalue weighted by Crippen LogP contribution is -2.44. The first-order valence-electron chi connectivity index (χ1n) is 8.02. The summed E-state index contributed by atoms with van der Waals surface area (Å²) in [6.45, 7) is 3.91. The summed E-state index contributed by atoms with van der Waals surface area (Å²) in [7, 11) is 0. The number of imide groups is 1. The van der Waals surface area contributed by atoms with Crippen molar-refractivity contribution in [3.63, 3.8) is 0 Å². The standard InChI is InChI=1S/C17H22N4O3/c1-17(2)15(23)21(16(24)19-17)10-14(22)20-8-12(13(18)9-20)11-6-4-3-5-7-11/h3-7,12-13H,8-10,18H2,1-2H3,(H,19,24)/t12-,13+/m0/s1. The van der Waals surface area contributed by atoms with Crippen LogP contribution in [0.2, 0.25) is 0 Å². The number of likely N-dealkylation sites (tertiary alicyclic amines) is 1. The second-order valence-electron chi connectivity index (χ2n) is 6.93. The van der Waals surface area contributed by atoms with Crippen molar-refractivity contribution in [2.24, 2.45) is 5.73 Å². The maximum atomic E-state index is 12.5. The molecular weight excluding hydrogens is 308 g/mol. The van der Waals surface area contributed by atoms with E-state index in [1.165, 1.54) is 0 Å². The van der Waals surface area contributed by atoms with Crippen LogP contribution in [-0.4, -0.2) is 58.9 Å². The van der Waals surface area contributed by atoms with Gasteiger partial charge >= 0.3 is 6.03 Å². The van der Waals surface area contributed by atoms with Gasteiger partial charge in [-0.05, 0) is 19.4 Å². The summed E-state index contributed by atoms with van der Waals surface area (Å²) in [5.74, 6) is -0.580. The number of nitrogens with zero attached hydrogens (tertiary/aromatic N) is 2. The highest BCUT2D eigenvalue weighted by atomic mass is 16.2. The highest BCUT2D eigenvalue weighted by Gasteiger charge is 2.46. The normalized spacial score (nSPS) is 26.0. The SMILES string of the molecule is CC1(C)NC(=O)N(CC(=O)N2C[C@@H](N)[C@H](c3ccccc3)C2)C1=O. The Bertz CT molecular complexity index is 674. The summed E-state index contributed by atoms with van der Waals surface area (Å²) in [5.41, 5.74) is 6.32. The molecule has 3 rings (SSSR count). The molecule has 0 bridgehead atoms. The molecule has 7 nitrogen and oxygen atoms in total. The molecule has 2 saturated heterocycles. The highest BCUT2D eigenvalue weighted by molar-refractivity contribution is 6.08. The number of urea groups is 1. The summed E-state index contributed by atoms with van der Waals surface area (Å²) in [5, 5.41) is 2.57. The number of nitrogens with one attached hydrogen (secondary N) is 1. The van der Waals surface area contributed by atoms with Gasteiger partial charge in [0, 0.05) is 25.0 Å². The Labute approximate surface area is 140 Å². The quantitative estimate of drug-likeness (QED) is 0.778. The summed E-state index contributed by atoms with van der Waals surface area (Å²) < 4.78 is 0. The zero-order chi connectivity index (χ0) is 17.5. The minimum absolute atomic E-state index is 0.0645. The summed E-state index contributed by atoms with van der Waals surface area (Å²) >= 11 is 0. The largest absolute Gasteiger partial charge is 0.339 e. The van der Waals surface area contributed by atoms with Gasteiger partial charge in [0.1, 0.15) is 12.1 Å². The van der Waals surface area contributed by atoms with Crippen molar-refractivity contribution in [2.45, 2.75) is 31.3 Å². The van der Waals surface area contributed by atoms with Crippen molar-refractivity contribution in [3.8, 4) is 0 Å². The lowest BCUT2D eigenvalue weighted by Gasteiger charge is -2.20. The van der Waals surface area contributed by atoms with Crippen LogP contribution in [0.25, 0.3) is 0 Å². The Kier molecular flexibility index (Phi) is 4.04. The molecule has 2 aliphatic rings. The Morgan fingerprint density at radius 1 is 1.25 bits per heavy atom. The van der Waals surface area contributed by atoms with Crippen molar-refractivity contribution in [1.82, 2.24) is 15.1 Å². The molecular formula is C17H22N4O3. The summed E-state index contributed by atoms with van der Waals surface area (Å²) in [6.07, 6.45) is 0. The number of carbonyl (C=O) groups excluding carboxylic acids is 3. The zero-order valence-corrected chi connectivity index (χ0v) is 13.9. The molecule has 2 atom stereocenters. The molecule has 128 valence electrons. The molecule has 0 saturated carbocycles. The highest BCUT2D eigenvalue weighted by Crippen LogP contribution is 2.26. The molecule has 0 aromatic heterocycles. The van der Waals surface area contributed by atoms with Gasteiger partial charge in [0.15, 0.2) is 0 Å². The number of hydrogen-bond acceptors (Lipinski definition) is 4. The molecule has 2 heterocycles. The van der Waals surface area contributed by atoms with Crippen LogP contribution < -0.4 is 11.1 Å². The Morgan fingerprint density at radius 3 is 2.50 bits per heavy atom. The van der Waals surface area contributed by atoms with Gasteiger partial charge in [-0.15, -0.1) is 0 Å². The fourth-order valence-electron chi connectivity index (χ4n) is 3.28. The van der Waals surface area contributed by atoms with Crippen LogP contribution in [0.1, 0.15) is 25.3 Å². The van der Waals surface area contributed by atoms with Crippen LogP contribution in [0.5, 0.6) is 0 Å². The van der Waals surface area contributed by atoms with Crippen LogP contribution >= 0.6 is 0 Å². The van der Waals surface area contributed by atoms with Gasteiger partial charge in [-0.3, -0.25) is 14.5 Å². The van der Waals surface area contributed by atoms with Gasteiger partial charge < -0.3 is 16.0 Å². The lowest BCUT2D eigenvalue weighted by atomic mass is 9.95. The molecule has 0 unspecified atom stereocenters. The molecule has 3 N–H and O–H groups in total. The maximum Gasteiger partial charge on any atom is 0.325 e. The van der Waals surface area contributed by atoms with Crippen molar-refractivity contribution < 1.29 is 14.4 Å². The number of hydrogen-bond donors (Lipinski definition) is 2. The van der Waals surface area contributed by atoms with Crippen molar-refractivity contribution in [1.29, 1.82) is 0 Å². The molecule has 4 amide bonds. The van der Waals surface area contributed by atoms with E-state index in [0.717, 1.165) is 10.5 Å². The summed E-state index contributed by atoms with van der Waals surface area (Å²) in [4.78, 5) is 39.2. The van der Waals surface area contributed by atoms with Crippen LogP contribution in [0.15, 0.2) is 30.3 Å². The minimum atomic E-state index is -0.967. The monoisotopic (exact) mass is 330 g/mol. The second kappa shape index (κ2) is 5.90. The van der Waals surface area contributed by atoms with Crippen LogP contribution in [0.3, 0.4) is 0 Å². The van der Waals surface area contributed by atoms with Crippen molar-refractivity contribution >= 4 is 17.8 Å². The van der Waals surface area contributed by atoms with Gasteiger partial charge in [-0.2, -0.15) is 0 Å². The Hall–Kier alpha value is -2.41. The van der Waals surface area contributed by atoms with Crippen LogP contribution in [0, 0.1) is 0 Å². The average Bonchev–Trinajstić information content (AvgIpc) is 3.01. The third kappa shape index (κ3) is 2.87. The first-order chi connectivity index (χ1) is 11.3. The number of amides is 4. The van der Waals surface area contributed by atoms with Crippen molar-refractivity contribution in [3.05, 3.63) is 35.9 Å². The smallest absolute Gasteiger partial charge is 0.325 e. The van der Waals surface area contributed by atoms with E-state index in [2.05, 4.69) is 5.32 Å². The van der Waals surface area contributed by atoms with Crippen molar-refractivity contribution in [2.75, 3.05) is 19.6 Å². The second-order valence-corrected chi connectivity index (χ2v) is 6.93. The number of benzene rings is 1. The molecule has 2 aliphatic heterocycles. The fraction of sp³-hybridized carbons (Fsp3) is 0.471. The third-order valence-electron chi connectivity index (χ3n) is 4.68. The molecule has 2 fully saturated rings. The predicted molar refractivity (Wildman–Crippen MR) is 88.1 cm³/mol. The predicted octanol–water partition coefficient (Wildman–Crippen LogP) is 0.270. The summed E-state index contributed by atoms with van der Waals surface area (Å²) in [6, 6.07) is 9.14. The first kappa shape index (κ1) is 16.4. The molecule has 0 spiro atoms. The number of nitrogens with two attached hydrogens (primary N) is 1. The number of rotatable bonds is 3. The molecule has 7 heteroatoms. The third-order valence-corrected chi connectivity index (χ3v) is 4.68. The van der Waals surface area contributed by atoms with E-state index in [1.807, 2.05) is 30.3 Å². The zero-order valence-electron chi connectivity index (χ0n) is 13.9. The molecule has 1 aromatic rings. The van der Waals surface area contributed by atoms with Gasteiger partial charge in [0.2, 0.25) is 5.91 Å². The van der Waals surface area contributed by atoms with Gasteiger partial charge in [0.25, 0.3) is 5.91 Å². The van der Waals surface area contributed by atoms with Gasteiger partial charge in [-0.1, -0.05) is 30.3 Å². The maximum absolute atomic E-state index is 12.5. The van der Waals surface area contributed by atoms with Crippen LogP contribution in [-0.2, 0) is 9.59 Å². The Balaban J connectivity index is 1.67. The van der Waals surface area contributed by atoms with E-state index in [1.54, 1.807) is 18.7 Å². The molecule has 0 radical (unpaired) electrons. The Morgan fingerprint density at radius 2 is 1.92 bits per heavy atom. The topological polar surface area (TPSA) is 95.7 Å². The van der Waals surface area contributed by atoms with Crippen LogP contribution in [0.4, 0.5) is 4.79 Å². The minimum Gasteiger partial charge on any atom is -0.339 e. The average molecular weight is 330 g/mol. The fourth-order valence-corrected chi connectivity index (χ4v) is 3.28. The lowest BCUT2D eigenvalue weighted by molar-refractivity contribution is -0.137. The first-order valence-corrected chi connectivity index (χ1v) is 8.02. The van der Waals surface area contributed by atoms with E-state index < -0.39 is 11.6 Å². The van der Waals surface area contributed by atoms with Gasteiger partial charge in [0.05, 0.1) is 0 Å². The van der Waals surface area contributed by atoms with E-state index in [9.17, 15) is 14.4 Å². The number of carbonyl (C=O) groups is 3.